The molecule has 6 heteroatoms. The Morgan fingerprint density at radius 1 is 1.25 bits per heavy atom. The van der Waals surface area contributed by atoms with Gasteiger partial charge >= 0.3 is 0 Å². The molecule has 0 radical (unpaired) electrons. The third kappa shape index (κ3) is 2.91. The van der Waals surface area contributed by atoms with Gasteiger partial charge in [0.25, 0.3) is 0 Å². The van der Waals surface area contributed by atoms with E-state index in [4.69, 9.17) is 9.47 Å². The number of rotatable bonds is 4. The highest BCUT2D eigenvalue weighted by atomic mass is 32.2. The summed E-state index contributed by atoms with van der Waals surface area (Å²) in [6.07, 6.45) is 1.97. The highest BCUT2D eigenvalue weighted by Gasteiger charge is 2.31. The van der Waals surface area contributed by atoms with Crippen LogP contribution in [-0.2, 0) is 10.0 Å². The maximum Gasteiger partial charge on any atom is 0.246 e. The third-order valence-electron chi connectivity index (χ3n) is 3.61. The fourth-order valence-corrected chi connectivity index (χ4v) is 4.26. The summed E-state index contributed by atoms with van der Waals surface area (Å²) in [7, 11) is -0.555. The molecule has 2 rings (SSSR count). The SMILES string of the molecule is COc1ccc(OC)c(S(=O)(=O)N2CCC[C@@H](C)C2)c1. The monoisotopic (exact) mass is 299 g/mol. The number of methoxy groups -OCH3 is 2. The lowest BCUT2D eigenvalue weighted by Crippen LogP contribution is -2.39. The van der Waals surface area contributed by atoms with E-state index in [2.05, 4.69) is 6.92 Å². The molecule has 0 aromatic heterocycles. The summed E-state index contributed by atoms with van der Waals surface area (Å²) in [5.41, 5.74) is 0. The van der Waals surface area contributed by atoms with Gasteiger partial charge < -0.3 is 9.47 Å². The molecule has 1 fully saturated rings. The zero-order valence-corrected chi connectivity index (χ0v) is 12.9. The summed E-state index contributed by atoms with van der Waals surface area (Å²) in [6.45, 7) is 3.19. The van der Waals surface area contributed by atoms with Crippen molar-refractivity contribution < 1.29 is 17.9 Å². The van der Waals surface area contributed by atoms with Gasteiger partial charge in [0.1, 0.15) is 16.4 Å². The molecular weight excluding hydrogens is 278 g/mol. The van der Waals surface area contributed by atoms with Gasteiger partial charge in [-0.3, -0.25) is 0 Å². The van der Waals surface area contributed by atoms with E-state index in [1.165, 1.54) is 20.3 Å². The van der Waals surface area contributed by atoms with E-state index in [-0.39, 0.29) is 4.90 Å². The number of ether oxygens (including phenoxy) is 2. The quantitative estimate of drug-likeness (QED) is 0.854. The summed E-state index contributed by atoms with van der Waals surface area (Å²) >= 11 is 0. The first-order valence-electron chi connectivity index (χ1n) is 6.71. The van der Waals surface area contributed by atoms with Crippen LogP contribution in [-0.4, -0.2) is 40.0 Å². The Labute approximate surface area is 120 Å². The first-order valence-corrected chi connectivity index (χ1v) is 8.15. The average Bonchev–Trinajstić information content (AvgIpc) is 2.46. The minimum Gasteiger partial charge on any atom is -0.497 e. The van der Waals surface area contributed by atoms with Crippen LogP contribution in [0.4, 0.5) is 0 Å². The Balaban J connectivity index is 2.42. The summed E-state index contributed by atoms with van der Waals surface area (Å²) in [5, 5.41) is 0. The lowest BCUT2D eigenvalue weighted by Gasteiger charge is -2.30. The van der Waals surface area contributed by atoms with Gasteiger partial charge in [0.2, 0.25) is 10.0 Å². The standard InChI is InChI=1S/C14H21NO4S/c1-11-5-4-8-15(10-11)20(16,17)14-9-12(18-2)6-7-13(14)19-3/h6-7,9,11H,4-5,8,10H2,1-3H3/t11-/m1/s1. The molecule has 0 spiro atoms. The molecule has 112 valence electrons. The highest BCUT2D eigenvalue weighted by molar-refractivity contribution is 7.89. The second-order valence-corrected chi connectivity index (χ2v) is 7.03. The Bertz CT molecular complexity index is 571. The van der Waals surface area contributed by atoms with Gasteiger partial charge in [-0.05, 0) is 30.9 Å². The fraction of sp³-hybridized carbons (Fsp3) is 0.571. The lowest BCUT2D eigenvalue weighted by molar-refractivity contribution is 0.280. The summed E-state index contributed by atoms with van der Waals surface area (Å²) < 4.78 is 37.4. The van der Waals surface area contributed by atoms with Crippen LogP contribution in [0.3, 0.4) is 0 Å². The second kappa shape index (κ2) is 6.01. The van der Waals surface area contributed by atoms with Crippen LogP contribution in [0.2, 0.25) is 0 Å². The van der Waals surface area contributed by atoms with Crippen LogP contribution in [0.15, 0.2) is 23.1 Å². The molecule has 0 bridgehead atoms. The zero-order chi connectivity index (χ0) is 14.8. The van der Waals surface area contributed by atoms with Crippen LogP contribution < -0.4 is 9.47 Å². The molecule has 0 N–H and O–H groups in total. The molecule has 0 unspecified atom stereocenters. The van der Waals surface area contributed by atoms with E-state index in [1.54, 1.807) is 16.4 Å². The topological polar surface area (TPSA) is 55.8 Å². The van der Waals surface area contributed by atoms with Crippen LogP contribution in [0.1, 0.15) is 19.8 Å². The summed E-state index contributed by atoms with van der Waals surface area (Å²) in [5.74, 6) is 1.24. The predicted molar refractivity (Wildman–Crippen MR) is 76.7 cm³/mol. The Morgan fingerprint density at radius 2 is 2.00 bits per heavy atom. The van der Waals surface area contributed by atoms with Crippen molar-refractivity contribution in [2.45, 2.75) is 24.7 Å². The maximum absolute atomic E-state index is 12.8. The molecule has 1 aromatic carbocycles. The molecule has 0 saturated carbocycles. The molecule has 1 saturated heterocycles. The van der Waals surface area contributed by atoms with Gasteiger partial charge in [0.05, 0.1) is 14.2 Å². The second-order valence-electron chi connectivity index (χ2n) is 5.13. The van der Waals surface area contributed by atoms with Gasteiger partial charge in [0, 0.05) is 19.2 Å². The molecular formula is C14H21NO4S. The van der Waals surface area contributed by atoms with Crippen molar-refractivity contribution in [3.63, 3.8) is 0 Å². The van der Waals surface area contributed by atoms with Crippen molar-refractivity contribution >= 4 is 10.0 Å². The largest absolute Gasteiger partial charge is 0.497 e. The third-order valence-corrected chi connectivity index (χ3v) is 5.49. The van der Waals surface area contributed by atoms with Gasteiger partial charge in [-0.1, -0.05) is 6.92 Å². The van der Waals surface area contributed by atoms with Gasteiger partial charge in [0.15, 0.2) is 0 Å². The minimum atomic E-state index is -3.54. The van der Waals surface area contributed by atoms with Crippen LogP contribution in [0, 0.1) is 5.92 Å². The molecule has 1 aliphatic heterocycles. The van der Waals surface area contributed by atoms with E-state index in [9.17, 15) is 8.42 Å². The molecule has 5 nitrogen and oxygen atoms in total. The van der Waals surface area contributed by atoms with Crippen molar-refractivity contribution in [1.29, 1.82) is 0 Å². The van der Waals surface area contributed by atoms with E-state index in [1.807, 2.05) is 0 Å². The Hall–Kier alpha value is -1.27. The van der Waals surface area contributed by atoms with Crippen molar-refractivity contribution in [3.05, 3.63) is 18.2 Å². The summed E-state index contributed by atoms with van der Waals surface area (Å²) in [6, 6.07) is 4.84. The van der Waals surface area contributed by atoms with Gasteiger partial charge in [-0.2, -0.15) is 4.31 Å². The predicted octanol–water partition coefficient (Wildman–Crippen LogP) is 2.12. The first-order chi connectivity index (χ1) is 9.48. The highest BCUT2D eigenvalue weighted by Crippen LogP contribution is 2.32. The molecule has 20 heavy (non-hydrogen) atoms. The molecule has 0 aliphatic carbocycles. The average molecular weight is 299 g/mol. The van der Waals surface area contributed by atoms with Crippen molar-refractivity contribution in [2.24, 2.45) is 5.92 Å². The van der Waals surface area contributed by atoms with E-state index < -0.39 is 10.0 Å². The van der Waals surface area contributed by atoms with Crippen molar-refractivity contribution in [3.8, 4) is 11.5 Å². The first kappa shape index (κ1) is 15.1. The smallest absolute Gasteiger partial charge is 0.246 e. The summed E-state index contributed by atoms with van der Waals surface area (Å²) in [4.78, 5) is 0.174. The van der Waals surface area contributed by atoms with E-state index in [0.29, 0.717) is 30.5 Å². The number of hydrogen-bond acceptors (Lipinski definition) is 4. The van der Waals surface area contributed by atoms with Crippen molar-refractivity contribution in [2.75, 3.05) is 27.3 Å². The van der Waals surface area contributed by atoms with Crippen molar-refractivity contribution in [1.82, 2.24) is 4.31 Å². The van der Waals surface area contributed by atoms with Crippen LogP contribution in [0.25, 0.3) is 0 Å². The number of hydrogen-bond donors (Lipinski definition) is 0. The maximum atomic E-state index is 12.8. The number of sulfonamides is 1. The van der Waals surface area contributed by atoms with Gasteiger partial charge in [-0.15, -0.1) is 0 Å². The normalized spacial score (nSPS) is 20.6. The van der Waals surface area contributed by atoms with Gasteiger partial charge in [-0.25, -0.2) is 8.42 Å². The molecule has 0 amide bonds. The molecule has 1 atom stereocenters. The molecule has 1 aromatic rings. The lowest BCUT2D eigenvalue weighted by atomic mass is 10.0. The van der Waals surface area contributed by atoms with Crippen LogP contribution >= 0.6 is 0 Å². The number of benzene rings is 1. The molecule has 1 aliphatic rings. The Morgan fingerprint density at radius 3 is 2.60 bits per heavy atom. The zero-order valence-electron chi connectivity index (χ0n) is 12.1. The minimum absolute atomic E-state index is 0.174. The van der Waals surface area contributed by atoms with E-state index in [0.717, 1.165) is 12.8 Å². The fourth-order valence-electron chi connectivity index (χ4n) is 2.49. The van der Waals surface area contributed by atoms with E-state index >= 15 is 0 Å². The molecule has 1 heterocycles. The van der Waals surface area contributed by atoms with Crippen LogP contribution in [0.5, 0.6) is 11.5 Å². The number of nitrogens with zero attached hydrogens (tertiary/aromatic N) is 1. The Kier molecular flexibility index (Phi) is 4.55. The number of piperidine rings is 1.